The number of aromatic nitrogens is 3. The highest BCUT2D eigenvalue weighted by Gasteiger charge is 2.34. The summed E-state index contributed by atoms with van der Waals surface area (Å²) in [5.41, 5.74) is 2.02. The number of rotatable bonds is 2. The van der Waals surface area contributed by atoms with Crippen molar-refractivity contribution in [2.45, 2.75) is 12.6 Å². The van der Waals surface area contributed by atoms with E-state index in [4.69, 9.17) is 4.74 Å². The SMILES string of the molecule is Cn1c(=O)c2c(-c3cccc(Br)c3)n3c(c2n(C)c1=O)[C@H](c1cc(O)ccc1O)OCC3. The summed E-state index contributed by atoms with van der Waals surface area (Å²) in [5, 5.41) is 21.0. The molecule has 0 bridgehead atoms. The second kappa shape index (κ2) is 7.39. The lowest BCUT2D eigenvalue weighted by Crippen LogP contribution is -2.37. The summed E-state index contributed by atoms with van der Waals surface area (Å²) in [6, 6.07) is 11.8. The fourth-order valence-corrected chi connectivity index (χ4v) is 4.90. The van der Waals surface area contributed by atoms with Crippen LogP contribution >= 0.6 is 15.9 Å². The smallest absolute Gasteiger partial charge is 0.331 e. The van der Waals surface area contributed by atoms with Gasteiger partial charge in [-0.3, -0.25) is 13.9 Å². The average molecular weight is 498 g/mol. The molecule has 4 aromatic rings. The Labute approximate surface area is 190 Å². The monoisotopic (exact) mass is 497 g/mol. The number of aromatic hydroxyl groups is 2. The number of hydrogen-bond acceptors (Lipinski definition) is 5. The number of aryl methyl sites for hydroxylation is 1. The lowest BCUT2D eigenvalue weighted by atomic mass is 10.0. The quantitative estimate of drug-likeness (QED) is 0.414. The summed E-state index contributed by atoms with van der Waals surface area (Å²) in [6.07, 6.45) is -0.781. The first-order valence-corrected chi connectivity index (χ1v) is 10.8. The Hall–Kier alpha value is -3.30. The van der Waals surface area contributed by atoms with Crippen molar-refractivity contribution in [1.29, 1.82) is 0 Å². The van der Waals surface area contributed by atoms with Gasteiger partial charge in [0.05, 0.1) is 28.9 Å². The van der Waals surface area contributed by atoms with E-state index in [1.165, 1.54) is 29.8 Å². The Morgan fingerprint density at radius 1 is 1.06 bits per heavy atom. The Morgan fingerprint density at radius 3 is 2.59 bits per heavy atom. The lowest BCUT2D eigenvalue weighted by Gasteiger charge is -2.28. The van der Waals surface area contributed by atoms with Gasteiger partial charge in [-0.05, 0) is 30.3 Å². The van der Waals surface area contributed by atoms with Crippen LogP contribution in [0, 0.1) is 0 Å². The first-order chi connectivity index (χ1) is 15.3. The van der Waals surface area contributed by atoms with Crippen molar-refractivity contribution >= 4 is 26.8 Å². The van der Waals surface area contributed by atoms with E-state index in [0.29, 0.717) is 41.0 Å². The van der Waals surface area contributed by atoms with E-state index in [2.05, 4.69) is 15.9 Å². The number of hydrogen-bond donors (Lipinski definition) is 2. The maximum atomic E-state index is 13.4. The number of phenolic OH excluding ortho intramolecular Hbond substituents is 2. The predicted octanol–water partition coefficient (Wildman–Crippen LogP) is 3.00. The highest BCUT2D eigenvalue weighted by molar-refractivity contribution is 9.10. The van der Waals surface area contributed by atoms with E-state index in [1.54, 1.807) is 7.05 Å². The zero-order valence-corrected chi connectivity index (χ0v) is 19.0. The molecule has 0 spiro atoms. The van der Waals surface area contributed by atoms with Gasteiger partial charge in [0.25, 0.3) is 5.56 Å². The van der Waals surface area contributed by atoms with Gasteiger partial charge in [-0.2, -0.15) is 0 Å². The first kappa shape index (κ1) is 20.6. The molecule has 0 saturated carbocycles. The summed E-state index contributed by atoms with van der Waals surface area (Å²) in [7, 11) is 3.07. The maximum Gasteiger partial charge on any atom is 0.331 e. The van der Waals surface area contributed by atoms with Crippen LogP contribution in [0.1, 0.15) is 17.4 Å². The first-order valence-electron chi connectivity index (χ1n) is 10.0. The zero-order chi connectivity index (χ0) is 22.7. The van der Waals surface area contributed by atoms with E-state index in [0.717, 1.165) is 14.6 Å². The number of nitrogens with zero attached hydrogens (tertiary/aromatic N) is 3. The Morgan fingerprint density at radius 2 is 1.84 bits per heavy atom. The number of phenols is 2. The van der Waals surface area contributed by atoms with Gasteiger partial charge < -0.3 is 19.5 Å². The molecule has 8 nitrogen and oxygen atoms in total. The molecule has 0 aliphatic carbocycles. The van der Waals surface area contributed by atoms with Crippen molar-refractivity contribution < 1.29 is 14.9 Å². The third kappa shape index (κ3) is 2.92. The molecule has 0 amide bonds. The Kier molecular flexibility index (Phi) is 4.75. The van der Waals surface area contributed by atoms with E-state index < -0.39 is 17.4 Å². The molecule has 0 unspecified atom stereocenters. The predicted molar refractivity (Wildman–Crippen MR) is 123 cm³/mol. The van der Waals surface area contributed by atoms with E-state index in [-0.39, 0.29) is 11.5 Å². The largest absolute Gasteiger partial charge is 0.508 e. The number of fused-ring (bicyclic) bond motifs is 3. The van der Waals surface area contributed by atoms with Gasteiger partial charge in [-0.15, -0.1) is 0 Å². The molecule has 3 heterocycles. The Balaban J connectivity index is 1.97. The van der Waals surface area contributed by atoms with Gasteiger partial charge >= 0.3 is 5.69 Å². The van der Waals surface area contributed by atoms with Crippen molar-refractivity contribution in [1.82, 2.24) is 13.7 Å². The van der Waals surface area contributed by atoms with E-state index in [9.17, 15) is 19.8 Å². The molecular formula is C23H20BrN3O5. The minimum Gasteiger partial charge on any atom is -0.508 e. The molecule has 0 fully saturated rings. The molecule has 1 atom stereocenters. The minimum absolute atomic E-state index is 0.0219. The standard InChI is InChI=1S/C23H20BrN3O5/c1-25-19-17(22(30)26(2)23(25)31)18(12-4-3-5-13(24)10-12)27-8-9-32-21(20(19)27)15-11-14(28)6-7-16(15)29/h3-7,10-11,21,28-29H,8-9H2,1-2H3/t21-/m0/s1. The van der Waals surface area contributed by atoms with Crippen LogP contribution in [-0.4, -0.2) is 30.5 Å². The van der Waals surface area contributed by atoms with E-state index >= 15 is 0 Å². The minimum atomic E-state index is -0.781. The second-order valence-corrected chi connectivity index (χ2v) is 8.73. The summed E-state index contributed by atoms with van der Waals surface area (Å²) in [4.78, 5) is 26.2. The molecule has 5 rings (SSSR count). The van der Waals surface area contributed by atoms with E-state index in [1.807, 2.05) is 28.8 Å². The topological polar surface area (TPSA) is 98.6 Å². The summed E-state index contributed by atoms with van der Waals surface area (Å²) in [6.45, 7) is 0.780. The van der Waals surface area contributed by atoms with Crippen LogP contribution in [0.4, 0.5) is 0 Å². The van der Waals surface area contributed by atoms with Crippen molar-refractivity contribution in [2.24, 2.45) is 14.1 Å². The van der Waals surface area contributed by atoms with Crippen molar-refractivity contribution in [3.8, 4) is 22.8 Å². The van der Waals surface area contributed by atoms with Crippen LogP contribution in [-0.2, 0) is 25.4 Å². The average Bonchev–Trinajstić information content (AvgIpc) is 3.13. The van der Waals surface area contributed by atoms with Crippen LogP contribution in [0.3, 0.4) is 0 Å². The maximum absolute atomic E-state index is 13.4. The van der Waals surface area contributed by atoms with Crippen molar-refractivity contribution in [3.05, 3.63) is 79.0 Å². The Bertz CT molecular complexity index is 1520. The van der Waals surface area contributed by atoms with Crippen LogP contribution in [0.25, 0.3) is 22.2 Å². The number of benzene rings is 2. The molecule has 1 aliphatic heterocycles. The second-order valence-electron chi connectivity index (χ2n) is 7.82. The van der Waals surface area contributed by atoms with Gasteiger partial charge in [0.2, 0.25) is 0 Å². The molecule has 164 valence electrons. The highest BCUT2D eigenvalue weighted by Crippen LogP contribution is 2.43. The molecule has 0 radical (unpaired) electrons. The van der Waals surface area contributed by atoms with Crippen LogP contribution < -0.4 is 11.2 Å². The molecule has 2 aromatic heterocycles. The normalized spacial score (nSPS) is 15.8. The van der Waals surface area contributed by atoms with Crippen LogP contribution in [0.5, 0.6) is 11.5 Å². The van der Waals surface area contributed by atoms with Crippen molar-refractivity contribution in [2.75, 3.05) is 6.61 Å². The molecule has 32 heavy (non-hydrogen) atoms. The zero-order valence-electron chi connectivity index (χ0n) is 17.4. The van der Waals surface area contributed by atoms with Crippen LogP contribution in [0.15, 0.2) is 56.5 Å². The molecular weight excluding hydrogens is 478 g/mol. The molecule has 0 saturated heterocycles. The molecule has 2 aromatic carbocycles. The van der Waals surface area contributed by atoms with Crippen molar-refractivity contribution in [3.63, 3.8) is 0 Å². The molecule has 2 N–H and O–H groups in total. The van der Waals surface area contributed by atoms with Gasteiger partial charge in [0, 0.05) is 36.2 Å². The number of ether oxygens (including phenoxy) is 1. The van der Waals surface area contributed by atoms with Gasteiger partial charge in [-0.1, -0.05) is 28.1 Å². The van der Waals surface area contributed by atoms with Crippen LogP contribution in [0.2, 0.25) is 0 Å². The van der Waals surface area contributed by atoms with Gasteiger partial charge in [0.15, 0.2) is 0 Å². The summed E-state index contributed by atoms with van der Waals surface area (Å²) >= 11 is 3.50. The lowest BCUT2D eigenvalue weighted by molar-refractivity contribution is 0.0463. The third-order valence-corrected chi connectivity index (χ3v) is 6.44. The summed E-state index contributed by atoms with van der Waals surface area (Å²) < 4.78 is 11.4. The third-order valence-electron chi connectivity index (χ3n) is 5.94. The number of halogens is 1. The van der Waals surface area contributed by atoms with Gasteiger partial charge in [-0.25, -0.2) is 4.79 Å². The molecule has 1 aliphatic rings. The molecule has 9 heteroatoms. The highest BCUT2D eigenvalue weighted by atomic mass is 79.9. The van der Waals surface area contributed by atoms with Gasteiger partial charge in [0.1, 0.15) is 17.6 Å². The summed E-state index contributed by atoms with van der Waals surface area (Å²) in [5.74, 6) is -0.0696. The fraction of sp³-hybridized carbons (Fsp3) is 0.217. The fourth-order valence-electron chi connectivity index (χ4n) is 4.50.